The summed E-state index contributed by atoms with van der Waals surface area (Å²) in [6, 6.07) is 25.2. The number of methoxy groups -OCH3 is 1. The minimum Gasteiger partial charge on any atom is -0.497 e. The number of benzene rings is 4. The van der Waals surface area contributed by atoms with E-state index < -0.39 is 34.1 Å². The lowest BCUT2D eigenvalue weighted by atomic mass is 9.64. The molecule has 9 nitrogen and oxygen atoms in total. The van der Waals surface area contributed by atoms with Crippen molar-refractivity contribution in [1.29, 1.82) is 0 Å². The number of ether oxygens (including phenoxy) is 1. The van der Waals surface area contributed by atoms with Crippen LogP contribution in [0.2, 0.25) is 0 Å². The van der Waals surface area contributed by atoms with E-state index in [1.807, 2.05) is 60.4 Å². The maximum atomic E-state index is 14.9. The van der Waals surface area contributed by atoms with Gasteiger partial charge in [0, 0.05) is 40.2 Å². The van der Waals surface area contributed by atoms with Crippen LogP contribution in [-0.4, -0.2) is 41.6 Å². The van der Waals surface area contributed by atoms with Gasteiger partial charge in [-0.25, -0.2) is 0 Å². The summed E-state index contributed by atoms with van der Waals surface area (Å²) in [4.78, 5) is 56.9. The van der Waals surface area contributed by atoms with Gasteiger partial charge in [0.05, 0.1) is 24.0 Å². The Kier molecular flexibility index (Phi) is 6.21. The van der Waals surface area contributed by atoms with Gasteiger partial charge < -0.3 is 15.0 Å². The van der Waals surface area contributed by atoms with Gasteiger partial charge in [-0.2, -0.15) is 0 Å². The first-order valence-electron chi connectivity index (χ1n) is 14.2. The number of nitrogens with zero attached hydrogens (tertiary/aromatic N) is 2. The topological polar surface area (TPSA) is 119 Å². The lowest BCUT2D eigenvalue weighted by molar-refractivity contribution is -0.384. The second-order valence-electron chi connectivity index (χ2n) is 11.3. The van der Waals surface area contributed by atoms with Crippen molar-refractivity contribution in [3.05, 3.63) is 136 Å². The molecular weight excluding hydrogens is 558 g/mol. The Bertz CT molecular complexity index is 1920. The predicted molar refractivity (Wildman–Crippen MR) is 165 cm³/mol. The van der Waals surface area contributed by atoms with Gasteiger partial charge in [-0.05, 0) is 54.5 Å². The van der Waals surface area contributed by atoms with Crippen molar-refractivity contribution in [3.63, 3.8) is 0 Å². The number of carbonyl (C=O) groups excluding carboxylic acids is 3. The molecule has 0 unspecified atom stereocenters. The second-order valence-corrected chi connectivity index (χ2v) is 11.3. The molecule has 4 atom stereocenters. The van der Waals surface area contributed by atoms with Crippen LogP contribution < -0.4 is 15.0 Å². The summed E-state index contributed by atoms with van der Waals surface area (Å²) in [7, 11) is 1.51. The summed E-state index contributed by atoms with van der Waals surface area (Å²) in [6.45, 7) is 1.97. The number of ketones is 2. The van der Waals surface area contributed by atoms with Crippen molar-refractivity contribution >= 4 is 40.1 Å². The highest BCUT2D eigenvalue weighted by atomic mass is 16.6. The molecular formula is C35H27N3O6. The van der Waals surface area contributed by atoms with E-state index in [4.69, 9.17) is 4.74 Å². The molecule has 0 saturated carbocycles. The van der Waals surface area contributed by atoms with Gasteiger partial charge in [-0.1, -0.05) is 54.6 Å². The van der Waals surface area contributed by atoms with Crippen LogP contribution in [0.5, 0.6) is 5.75 Å². The van der Waals surface area contributed by atoms with Crippen molar-refractivity contribution in [3.8, 4) is 5.75 Å². The van der Waals surface area contributed by atoms with Crippen LogP contribution in [0, 0.1) is 16.0 Å². The van der Waals surface area contributed by atoms with E-state index in [2.05, 4.69) is 5.32 Å². The summed E-state index contributed by atoms with van der Waals surface area (Å²) < 4.78 is 5.42. The van der Waals surface area contributed by atoms with Gasteiger partial charge in [-0.3, -0.25) is 24.5 Å². The zero-order valence-electron chi connectivity index (χ0n) is 23.9. The highest BCUT2D eigenvalue weighted by Crippen LogP contribution is 2.58. The van der Waals surface area contributed by atoms with E-state index in [-0.39, 0.29) is 22.9 Å². The molecule has 4 aromatic rings. The lowest BCUT2D eigenvalue weighted by Crippen LogP contribution is -2.51. The van der Waals surface area contributed by atoms with Crippen molar-refractivity contribution in [2.45, 2.75) is 24.4 Å². The third-order valence-corrected chi connectivity index (χ3v) is 9.15. The number of nitro groups is 1. The molecule has 9 heteroatoms. The summed E-state index contributed by atoms with van der Waals surface area (Å²) in [5.41, 5.74) is 2.67. The predicted octanol–water partition coefficient (Wildman–Crippen LogP) is 5.85. The minimum absolute atomic E-state index is 0.155. The number of nitrogens with one attached hydrogen (secondary N) is 1. The third kappa shape index (κ3) is 3.75. The molecule has 7 rings (SSSR count). The number of anilines is 2. The molecule has 3 aliphatic rings. The van der Waals surface area contributed by atoms with Crippen molar-refractivity contribution in [2.75, 3.05) is 17.3 Å². The number of nitro benzene ring substituents is 1. The summed E-state index contributed by atoms with van der Waals surface area (Å²) in [6.07, 6.45) is 1.99. The smallest absolute Gasteiger partial charge is 0.269 e. The number of amides is 1. The standard InChI is InChI=1S/C35H27N3O6/c1-20-18-29-35(26-11-4-5-12-27(26)36-34(35)41)30(32(39)22-8-7-9-24(19-22)44-2)31(37(29)28-13-6-3-10-25(20)28)33(40)21-14-16-23(17-15-21)38(42)43/h3-19,29-31H,1-2H3,(H,36,41)/t29-,30+,31+,35-/m1/s1. The number of allylic oxidation sites excluding steroid dienone is 1. The molecule has 0 bridgehead atoms. The fourth-order valence-corrected chi connectivity index (χ4v) is 7.26. The minimum atomic E-state index is -1.47. The van der Waals surface area contributed by atoms with Gasteiger partial charge >= 0.3 is 0 Å². The van der Waals surface area contributed by atoms with Crippen LogP contribution >= 0.6 is 0 Å². The zero-order chi connectivity index (χ0) is 30.7. The molecule has 1 N–H and O–H groups in total. The van der Waals surface area contributed by atoms with E-state index in [9.17, 15) is 24.5 Å². The van der Waals surface area contributed by atoms with Crippen LogP contribution in [0.1, 0.15) is 38.8 Å². The van der Waals surface area contributed by atoms with Crippen LogP contribution in [-0.2, 0) is 10.2 Å². The normalized spacial score (nSPS) is 22.9. The maximum absolute atomic E-state index is 14.9. The Morgan fingerprint density at radius 3 is 2.39 bits per heavy atom. The third-order valence-electron chi connectivity index (χ3n) is 9.15. The first-order valence-corrected chi connectivity index (χ1v) is 14.2. The molecule has 0 radical (unpaired) electrons. The number of para-hydroxylation sites is 2. The number of rotatable bonds is 6. The average molecular weight is 586 g/mol. The Morgan fingerprint density at radius 1 is 0.909 bits per heavy atom. The molecule has 1 spiro atoms. The molecule has 0 aromatic heterocycles. The van der Waals surface area contributed by atoms with Crippen molar-refractivity contribution in [2.24, 2.45) is 5.92 Å². The van der Waals surface area contributed by atoms with E-state index in [1.54, 1.807) is 30.3 Å². The molecule has 1 amide bonds. The highest BCUT2D eigenvalue weighted by molar-refractivity contribution is 6.18. The molecule has 1 saturated heterocycles. The highest BCUT2D eigenvalue weighted by Gasteiger charge is 2.70. The Morgan fingerprint density at radius 2 is 1.64 bits per heavy atom. The fraction of sp³-hybridized carbons (Fsp3) is 0.171. The van der Waals surface area contributed by atoms with E-state index in [1.165, 1.54) is 31.4 Å². The molecule has 44 heavy (non-hydrogen) atoms. The zero-order valence-corrected chi connectivity index (χ0v) is 23.9. The van der Waals surface area contributed by atoms with Gasteiger partial charge in [0.15, 0.2) is 11.6 Å². The van der Waals surface area contributed by atoms with Crippen molar-refractivity contribution in [1.82, 2.24) is 0 Å². The van der Waals surface area contributed by atoms with E-state index in [0.717, 1.165) is 16.8 Å². The number of non-ortho nitro benzene ring substituents is 1. The second kappa shape index (κ2) is 10.0. The van der Waals surface area contributed by atoms with Gasteiger partial charge in [0.2, 0.25) is 5.91 Å². The van der Waals surface area contributed by atoms with Crippen LogP contribution in [0.25, 0.3) is 5.57 Å². The van der Waals surface area contributed by atoms with Gasteiger partial charge in [-0.15, -0.1) is 0 Å². The van der Waals surface area contributed by atoms with Gasteiger partial charge in [0.25, 0.3) is 5.69 Å². The fourth-order valence-electron chi connectivity index (χ4n) is 7.26. The first kappa shape index (κ1) is 27.3. The largest absolute Gasteiger partial charge is 0.497 e. The molecule has 1 fully saturated rings. The Hall–Kier alpha value is -5.57. The summed E-state index contributed by atoms with van der Waals surface area (Å²) >= 11 is 0. The Labute approximate surface area is 252 Å². The van der Waals surface area contributed by atoms with Crippen LogP contribution in [0.4, 0.5) is 17.1 Å². The number of hydrogen-bond acceptors (Lipinski definition) is 7. The number of carbonyl (C=O) groups is 3. The maximum Gasteiger partial charge on any atom is 0.269 e. The van der Waals surface area contributed by atoms with Crippen molar-refractivity contribution < 1.29 is 24.0 Å². The van der Waals surface area contributed by atoms with Crippen LogP contribution in [0.15, 0.2) is 103 Å². The molecule has 4 aromatic carbocycles. The van der Waals surface area contributed by atoms with E-state index >= 15 is 0 Å². The van der Waals surface area contributed by atoms with Gasteiger partial charge in [0.1, 0.15) is 17.2 Å². The molecule has 218 valence electrons. The molecule has 3 heterocycles. The Balaban J connectivity index is 1.53. The number of Topliss-reactive ketones (excluding diaryl/α,β-unsaturated/α-hetero) is 2. The average Bonchev–Trinajstić information content (AvgIpc) is 3.52. The van der Waals surface area contributed by atoms with E-state index in [0.29, 0.717) is 22.6 Å². The quantitative estimate of drug-likeness (QED) is 0.171. The number of fused-ring (bicyclic) bond motifs is 6. The number of hydrogen-bond donors (Lipinski definition) is 1. The SMILES string of the molecule is COc1cccc(C(=O)[C@@H]2[C@@H](C(=O)c3ccc([N+](=O)[O-])cc3)N3c4ccccc4C(C)=C[C@@H]3[C@@]23C(=O)Nc2ccccc23)c1. The first-order chi connectivity index (χ1) is 21.3. The lowest BCUT2D eigenvalue weighted by Gasteiger charge is -2.39. The monoisotopic (exact) mass is 585 g/mol. The summed E-state index contributed by atoms with van der Waals surface area (Å²) in [5, 5.41) is 14.4. The summed E-state index contributed by atoms with van der Waals surface area (Å²) in [5.74, 6) is -1.85. The molecule has 0 aliphatic carbocycles. The van der Waals surface area contributed by atoms with Crippen LogP contribution in [0.3, 0.4) is 0 Å². The molecule has 3 aliphatic heterocycles.